The normalized spacial score (nSPS) is 10.7. The Balaban J connectivity index is 2.07. The fraction of sp³-hybridized carbons (Fsp3) is 0.273. The molecule has 0 unspecified atom stereocenters. The number of imidazole rings is 1. The number of furan rings is 1. The van der Waals surface area contributed by atoms with Crippen molar-refractivity contribution in [2.45, 2.75) is 17.8 Å². The molecule has 0 fully saturated rings. The van der Waals surface area contributed by atoms with E-state index >= 15 is 0 Å². The average molecular weight is 252 g/mol. The number of rotatable bonds is 4. The average Bonchev–Trinajstić information content (AvgIpc) is 2.82. The summed E-state index contributed by atoms with van der Waals surface area (Å²) >= 11 is 1.51. The van der Waals surface area contributed by atoms with Crippen molar-refractivity contribution in [3.63, 3.8) is 0 Å². The summed E-state index contributed by atoms with van der Waals surface area (Å²) in [6, 6.07) is 1.56. The SMILES string of the molecule is Cc1oc(CSc2nccn2C)cc1C(=O)O. The maximum atomic E-state index is 10.8. The van der Waals surface area contributed by atoms with Crippen LogP contribution in [0.1, 0.15) is 21.9 Å². The molecule has 0 bridgehead atoms. The zero-order valence-corrected chi connectivity index (χ0v) is 10.3. The Hall–Kier alpha value is -1.69. The molecule has 1 N–H and O–H groups in total. The highest BCUT2D eigenvalue weighted by Gasteiger charge is 2.14. The Kier molecular flexibility index (Phi) is 3.23. The summed E-state index contributed by atoms with van der Waals surface area (Å²) in [4.78, 5) is 15.0. The van der Waals surface area contributed by atoms with Gasteiger partial charge in [-0.1, -0.05) is 11.8 Å². The molecule has 0 aliphatic heterocycles. The smallest absolute Gasteiger partial charge is 0.339 e. The molecule has 0 atom stereocenters. The van der Waals surface area contributed by atoms with Gasteiger partial charge in [0.1, 0.15) is 17.1 Å². The Morgan fingerprint density at radius 1 is 1.65 bits per heavy atom. The van der Waals surface area contributed by atoms with Gasteiger partial charge in [-0.25, -0.2) is 9.78 Å². The number of aryl methyl sites for hydroxylation is 2. The standard InChI is InChI=1S/C11H12N2O3S/c1-7-9(10(14)15)5-8(16-7)6-17-11-12-3-4-13(11)2/h3-5H,6H2,1-2H3,(H,14,15). The lowest BCUT2D eigenvalue weighted by Crippen LogP contribution is -1.95. The number of carbonyl (C=O) groups is 1. The highest BCUT2D eigenvalue weighted by molar-refractivity contribution is 7.98. The molecule has 2 aromatic heterocycles. The van der Waals surface area contributed by atoms with Crippen LogP contribution in [0, 0.1) is 6.92 Å². The Morgan fingerprint density at radius 3 is 2.94 bits per heavy atom. The molecule has 0 amide bonds. The lowest BCUT2D eigenvalue weighted by atomic mass is 10.2. The molecule has 0 aliphatic rings. The third kappa shape index (κ3) is 2.52. The molecular formula is C11H12N2O3S. The molecule has 17 heavy (non-hydrogen) atoms. The number of thioether (sulfide) groups is 1. The zero-order valence-electron chi connectivity index (χ0n) is 9.51. The number of hydrogen-bond acceptors (Lipinski definition) is 4. The first-order chi connectivity index (χ1) is 8.08. The van der Waals surface area contributed by atoms with Gasteiger partial charge in [0.05, 0.1) is 5.75 Å². The molecule has 0 saturated heterocycles. The Labute approximate surface area is 102 Å². The van der Waals surface area contributed by atoms with Gasteiger partial charge in [-0.15, -0.1) is 0 Å². The summed E-state index contributed by atoms with van der Waals surface area (Å²) in [5.41, 5.74) is 0.223. The van der Waals surface area contributed by atoms with Gasteiger partial charge in [0.15, 0.2) is 5.16 Å². The fourth-order valence-electron chi connectivity index (χ4n) is 1.45. The molecule has 0 aliphatic carbocycles. The number of carboxylic acids is 1. The van der Waals surface area contributed by atoms with Crippen molar-refractivity contribution in [2.75, 3.05) is 0 Å². The minimum atomic E-state index is -0.959. The van der Waals surface area contributed by atoms with Crippen molar-refractivity contribution in [1.29, 1.82) is 0 Å². The van der Waals surface area contributed by atoms with Gasteiger partial charge in [0.25, 0.3) is 0 Å². The van der Waals surface area contributed by atoms with Crippen LogP contribution in [0.25, 0.3) is 0 Å². The monoisotopic (exact) mass is 252 g/mol. The molecule has 0 spiro atoms. The van der Waals surface area contributed by atoms with Gasteiger partial charge in [-0.3, -0.25) is 0 Å². The fourth-order valence-corrected chi connectivity index (χ4v) is 2.27. The van der Waals surface area contributed by atoms with Crippen LogP contribution >= 0.6 is 11.8 Å². The number of aromatic carboxylic acids is 1. The van der Waals surface area contributed by atoms with E-state index in [0.717, 1.165) is 5.16 Å². The van der Waals surface area contributed by atoms with E-state index < -0.39 is 5.97 Å². The van der Waals surface area contributed by atoms with E-state index in [9.17, 15) is 4.79 Å². The zero-order chi connectivity index (χ0) is 12.4. The topological polar surface area (TPSA) is 68.3 Å². The summed E-state index contributed by atoms with van der Waals surface area (Å²) in [5, 5.41) is 9.76. The molecule has 0 radical (unpaired) electrons. The van der Waals surface area contributed by atoms with Crippen molar-refractivity contribution in [2.24, 2.45) is 7.05 Å². The largest absolute Gasteiger partial charge is 0.478 e. The summed E-state index contributed by atoms with van der Waals surface area (Å²) in [5.74, 6) is 0.694. The van der Waals surface area contributed by atoms with Crippen LogP contribution in [-0.4, -0.2) is 20.6 Å². The first-order valence-electron chi connectivity index (χ1n) is 5.00. The van der Waals surface area contributed by atoms with E-state index in [1.54, 1.807) is 19.2 Å². The summed E-state index contributed by atoms with van der Waals surface area (Å²) < 4.78 is 7.28. The number of carboxylic acid groups (broad SMARTS) is 1. The maximum absolute atomic E-state index is 10.8. The van der Waals surface area contributed by atoms with Crippen molar-refractivity contribution < 1.29 is 14.3 Å². The second-order valence-corrected chi connectivity index (χ2v) is 4.54. The lowest BCUT2D eigenvalue weighted by molar-refractivity contribution is 0.0695. The van der Waals surface area contributed by atoms with Gasteiger partial charge in [0, 0.05) is 19.4 Å². The van der Waals surface area contributed by atoms with Crippen LogP contribution in [-0.2, 0) is 12.8 Å². The van der Waals surface area contributed by atoms with Gasteiger partial charge >= 0.3 is 5.97 Å². The summed E-state index contributed by atoms with van der Waals surface area (Å²) in [6.07, 6.45) is 3.58. The highest BCUT2D eigenvalue weighted by Crippen LogP contribution is 2.23. The predicted octanol–water partition coefficient (Wildman–Crippen LogP) is 2.31. The molecule has 0 saturated carbocycles. The molecular weight excluding hydrogens is 240 g/mol. The first-order valence-corrected chi connectivity index (χ1v) is 5.99. The number of aromatic nitrogens is 2. The predicted molar refractivity (Wildman–Crippen MR) is 63.2 cm³/mol. The van der Waals surface area contributed by atoms with Crippen LogP contribution in [0.3, 0.4) is 0 Å². The third-order valence-electron chi connectivity index (χ3n) is 2.32. The molecule has 5 nitrogen and oxygen atoms in total. The van der Waals surface area contributed by atoms with E-state index in [4.69, 9.17) is 9.52 Å². The summed E-state index contributed by atoms with van der Waals surface area (Å²) in [7, 11) is 1.91. The van der Waals surface area contributed by atoms with Crippen LogP contribution in [0.4, 0.5) is 0 Å². The lowest BCUT2D eigenvalue weighted by Gasteiger charge is -1.98. The van der Waals surface area contributed by atoms with Crippen LogP contribution in [0.15, 0.2) is 28.0 Å². The number of nitrogens with zero attached hydrogens (tertiary/aromatic N) is 2. The molecule has 0 aromatic carbocycles. The molecule has 2 heterocycles. The van der Waals surface area contributed by atoms with E-state index in [-0.39, 0.29) is 5.56 Å². The van der Waals surface area contributed by atoms with Gasteiger partial charge in [-0.2, -0.15) is 0 Å². The van der Waals surface area contributed by atoms with E-state index in [1.165, 1.54) is 11.8 Å². The van der Waals surface area contributed by atoms with Crippen molar-refractivity contribution in [1.82, 2.24) is 9.55 Å². The van der Waals surface area contributed by atoms with Crippen LogP contribution < -0.4 is 0 Å². The highest BCUT2D eigenvalue weighted by atomic mass is 32.2. The van der Waals surface area contributed by atoms with E-state index in [2.05, 4.69) is 4.98 Å². The second kappa shape index (κ2) is 4.67. The van der Waals surface area contributed by atoms with Crippen LogP contribution in [0.5, 0.6) is 0 Å². The van der Waals surface area contributed by atoms with E-state index in [0.29, 0.717) is 17.3 Å². The minimum absolute atomic E-state index is 0.223. The maximum Gasteiger partial charge on any atom is 0.339 e. The van der Waals surface area contributed by atoms with Gasteiger partial charge in [0.2, 0.25) is 0 Å². The third-order valence-corrected chi connectivity index (χ3v) is 3.40. The molecule has 6 heteroatoms. The second-order valence-electron chi connectivity index (χ2n) is 3.60. The number of hydrogen-bond donors (Lipinski definition) is 1. The van der Waals surface area contributed by atoms with Gasteiger partial charge < -0.3 is 14.1 Å². The summed E-state index contributed by atoms with van der Waals surface area (Å²) in [6.45, 7) is 1.65. The first kappa shape index (κ1) is 11.8. The quantitative estimate of drug-likeness (QED) is 0.846. The van der Waals surface area contributed by atoms with Crippen molar-refractivity contribution >= 4 is 17.7 Å². The molecule has 90 valence electrons. The Bertz CT molecular complexity index is 545. The van der Waals surface area contributed by atoms with Crippen molar-refractivity contribution in [3.8, 4) is 0 Å². The minimum Gasteiger partial charge on any atom is -0.478 e. The van der Waals surface area contributed by atoms with Crippen LogP contribution in [0.2, 0.25) is 0 Å². The molecule has 2 rings (SSSR count). The van der Waals surface area contributed by atoms with E-state index in [1.807, 2.05) is 17.8 Å². The molecule has 2 aromatic rings. The van der Waals surface area contributed by atoms with Gasteiger partial charge in [-0.05, 0) is 13.0 Å². The van der Waals surface area contributed by atoms with Crippen molar-refractivity contribution in [3.05, 3.63) is 35.5 Å². The Morgan fingerprint density at radius 2 is 2.41 bits per heavy atom.